The molecule has 1 amide bonds. The van der Waals surface area contributed by atoms with Crippen LogP contribution in [0, 0.1) is 11.3 Å². The molecule has 3 aliphatic rings. The molecule has 4 rings (SSSR count). The Morgan fingerprint density at radius 1 is 1.14 bits per heavy atom. The first kappa shape index (κ1) is 19.1. The molecule has 1 N–H and O–H groups in total. The van der Waals surface area contributed by atoms with Crippen LogP contribution in [0.4, 0.5) is 0 Å². The van der Waals surface area contributed by atoms with E-state index in [0.717, 1.165) is 69.4 Å². The van der Waals surface area contributed by atoms with Gasteiger partial charge in [0.2, 0.25) is 5.91 Å². The van der Waals surface area contributed by atoms with Crippen molar-refractivity contribution < 1.29 is 14.3 Å². The molecule has 0 bridgehead atoms. The maximum absolute atomic E-state index is 12.7. The third-order valence-corrected chi connectivity index (χ3v) is 6.17. The number of benzene rings is 1. The van der Waals surface area contributed by atoms with Gasteiger partial charge in [-0.15, -0.1) is 0 Å². The number of nitrogens with one attached hydrogen (secondary N) is 1. The molecular formula is C22H29N3O3. The second-order valence-electron chi connectivity index (χ2n) is 8.19. The zero-order valence-electron chi connectivity index (χ0n) is 16.4. The zero-order valence-corrected chi connectivity index (χ0v) is 16.4. The summed E-state index contributed by atoms with van der Waals surface area (Å²) in [6.45, 7) is 2.58. The first-order valence-electron chi connectivity index (χ1n) is 10.5. The van der Waals surface area contributed by atoms with Gasteiger partial charge in [-0.3, -0.25) is 9.69 Å². The highest BCUT2D eigenvalue weighted by Gasteiger charge is 2.35. The third-order valence-electron chi connectivity index (χ3n) is 6.17. The Kier molecular flexibility index (Phi) is 5.72. The molecule has 0 spiro atoms. The van der Waals surface area contributed by atoms with E-state index in [1.807, 2.05) is 6.07 Å². The van der Waals surface area contributed by atoms with E-state index >= 15 is 0 Å². The summed E-state index contributed by atoms with van der Waals surface area (Å²) in [5, 5.41) is 12.7. The molecule has 1 saturated heterocycles. The Labute approximate surface area is 166 Å². The number of nitriles is 1. The van der Waals surface area contributed by atoms with Crippen molar-refractivity contribution in [2.45, 2.75) is 62.9 Å². The van der Waals surface area contributed by atoms with Gasteiger partial charge in [0, 0.05) is 12.5 Å². The SMILES string of the molecule is N#CC1(NC(=O)CN2CCC[C@@H]2c2ccc3c(c2)OCCCO3)CCCCC1. The van der Waals surface area contributed by atoms with Crippen molar-refractivity contribution in [1.29, 1.82) is 5.26 Å². The predicted octanol–water partition coefficient (Wildman–Crippen LogP) is 3.33. The van der Waals surface area contributed by atoms with Gasteiger partial charge in [-0.1, -0.05) is 25.3 Å². The molecule has 28 heavy (non-hydrogen) atoms. The van der Waals surface area contributed by atoms with Crippen LogP contribution in [0.3, 0.4) is 0 Å². The summed E-state index contributed by atoms with van der Waals surface area (Å²) in [5.41, 5.74) is 0.502. The van der Waals surface area contributed by atoms with E-state index in [-0.39, 0.29) is 11.9 Å². The van der Waals surface area contributed by atoms with E-state index < -0.39 is 5.54 Å². The lowest BCUT2D eigenvalue weighted by Gasteiger charge is -2.33. The van der Waals surface area contributed by atoms with Crippen LogP contribution in [-0.2, 0) is 4.79 Å². The minimum absolute atomic E-state index is 0.0373. The molecule has 150 valence electrons. The number of hydrogen-bond donors (Lipinski definition) is 1. The highest BCUT2D eigenvalue weighted by atomic mass is 16.5. The van der Waals surface area contributed by atoms with Gasteiger partial charge in [-0.2, -0.15) is 5.26 Å². The van der Waals surface area contributed by atoms with Gasteiger partial charge >= 0.3 is 0 Å². The standard InChI is InChI=1S/C22H29N3O3/c23-16-22(9-2-1-3-10-22)24-21(26)15-25-11-4-6-18(25)17-7-8-19-20(14-17)28-13-5-12-27-19/h7-8,14,18H,1-6,9-13,15H2,(H,24,26)/t18-/m1/s1. The number of fused-ring (bicyclic) bond motifs is 1. The summed E-state index contributed by atoms with van der Waals surface area (Å²) in [6.07, 6.45) is 7.68. The van der Waals surface area contributed by atoms with Crippen molar-refractivity contribution in [2.75, 3.05) is 26.3 Å². The number of ether oxygens (including phenoxy) is 2. The van der Waals surface area contributed by atoms with Crippen LogP contribution in [0.2, 0.25) is 0 Å². The van der Waals surface area contributed by atoms with E-state index in [9.17, 15) is 10.1 Å². The first-order chi connectivity index (χ1) is 13.7. The fourth-order valence-electron chi connectivity index (χ4n) is 4.69. The van der Waals surface area contributed by atoms with Crippen molar-refractivity contribution in [2.24, 2.45) is 0 Å². The molecule has 1 aliphatic carbocycles. The highest BCUT2D eigenvalue weighted by Crippen LogP contribution is 2.37. The van der Waals surface area contributed by atoms with Gasteiger partial charge in [0.1, 0.15) is 5.54 Å². The lowest BCUT2D eigenvalue weighted by molar-refractivity contribution is -0.124. The molecule has 2 fully saturated rings. The summed E-state index contributed by atoms with van der Waals surface area (Å²) in [6, 6.07) is 8.72. The normalized spacial score (nSPS) is 24.2. The summed E-state index contributed by atoms with van der Waals surface area (Å²) in [7, 11) is 0. The minimum Gasteiger partial charge on any atom is -0.490 e. The van der Waals surface area contributed by atoms with Gasteiger partial charge < -0.3 is 14.8 Å². The summed E-state index contributed by atoms with van der Waals surface area (Å²) < 4.78 is 11.6. The quantitative estimate of drug-likeness (QED) is 0.863. The summed E-state index contributed by atoms with van der Waals surface area (Å²) in [5.74, 6) is 1.57. The van der Waals surface area contributed by atoms with Crippen LogP contribution in [0.15, 0.2) is 18.2 Å². The van der Waals surface area contributed by atoms with Gasteiger partial charge in [0.05, 0.1) is 25.8 Å². The molecule has 0 aromatic heterocycles. The molecule has 2 aliphatic heterocycles. The van der Waals surface area contributed by atoms with Crippen molar-refractivity contribution in [1.82, 2.24) is 10.2 Å². The van der Waals surface area contributed by atoms with Crippen molar-refractivity contribution in [3.05, 3.63) is 23.8 Å². The molecule has 1 aromatic rings. The number of nitrogens with zero attached hydrogens (tertiary/aromatic N) is 2. The molecule has 6 nitrogen and oxygen atoms in total. The largest absolute Gasteiger partial charge is 0.490 e. The average Bonchev–Trinajstić information content (AvgIpc) is 3.03. The van der Waals surface area contributed by atoms with Crippen LogP contribution < -0.4 is 14.8 Å². The maximum Gasteiger partial charge on any atom is 0.235 e. The van der Waals surface area contributed by atoms with E-state index in [4.69, 9.17) is 9.47 Å². The zero-order chi connectivity index (χ0) is 19.4. The van der Waals surface area contributed by atoms with E-state index in [2.05, 4.69) is 28.4 Å². The van der Waals surface area contributed by atoms with Gasteiger partial charge in [-0.25, -0.2) is 0 Å². The van der Waals surface area contributed by atoms with E-state index in [1.165, 1.54) is 5.56 Å². The topological polar surface area (TPSA) is 74.6 Å². The summed E-state index contributed by atoms with van der Waals surface area (Å²) >= 11 is 0. The molecule has 2 heterocycles. The first-order valence-corrected chi connectivity index (χ1v) is 10.5. The molecule has 0 unspecified atom stereocenters. The van der Waals surface area contributed by atoms with Crippen LogP contribution in [0.1, 0.15) is 63.0 Å². The number of carbonyl (C=O) groups excluding carboxylic acids is 1. The minimum atomic E-state index is -0.667. The monoisotopic (exact) mass is 383 g/mol. The number of rotatable bonds is 4. The van der Waals surface area contributed by atoms with E-state index in [1.54, 1.807) is 0 Å². The van der Waals surface area contributed by atoms with Crippen LogP contribution in [0.5, 0.6) is 11.5 Å². The molecule has 1 atom stereocenters. The lowest BCUT2D eigenvalue weighted by atomic mass is 9.83. The highest BCUT2D eigenvalue weighted by molar-refractivity contribution is 5.79. The fourth-order valence-corrected chi connectivity index (χ4v) is 4.69. The van der Waals surface area contributed by atoms with Gasteiger partial charge in [0.25, 0.3) is 0 Å². The number of likely N-dealkylation sites (tertiary alicyclic amines) is 1. The maximum atomic E-state index is 12.7. The predicted molar refractivity (Wildman–Crippen MR) is 105 cm³/mol. The van der Waals surface area contributed by atoms with Gasteiger partial charge in [-0.05, 0) is 49.9 Å². The Hall–Kier alpha value is -2.26. The molecule has 1 aromatic carbocycles. The molecular weight excluding hydrogens is 354 g/mol. The average molecular weight is 383 g/mol. The van der Waals surface area contributed by atoms with Crippen molar-refractivity contribution in [3.63, 3.8) is 0 Å². The molecule has 6 heteroatoms. The summed E-state index contributed by atoms with van der Waals surface area (Å²) in [4.78, 5) is 15.0. The Bertz CT molecular complexity index is 752. The van der Waals surface area contributed by atoms with Crippen LogP contribution >= 0.6 is 0 Å². The number of carbonyl (C=O) groups is 1. The smallest absolute Gasteiger partial charge is 0.235 e. The lowest BCUT2D eigenvalue weighted by Crippen LogP contribution is -2.51. The Balaban J connectivity index is 1.43. The van der Waals surface area contributed by atoms with Crippen molar-refractivity contribution >= 4 is 5.91 Å². The van der Waals surface area contributed by atoms with Gasteiger partial charge in [0.15, 0.2) is 11.5 Å². The number of hydrogen-bond acceptors (Lipinski definition) is 5. The second kappa shape index (κ2) is 8.40. The van der Waals surface area contributed by atoms with Crippen LogP contribution in [0.25, 0.3) is 0 Å². The molecule has 0 radical (unpaired) electrons. The number of amides is 1. The Morgan fingerprint density at radius 3 is 2.71 bits per heavy atom. The van der Waals surface area contributed by atoms with Crippen molar-refractivity contribution in [3.8, 4) is 17.6 Å². The van der Waals surface area contributed by atoms with Crippen LogP contribution in [-0.4, -0.2) is 42.6 Å². The second-order valence-corrected chi connectivity index (χ2v) is 8.19. The molecule has 1 saturated carbocycles. The van der Waals surface area contributed by atoms with E-state index in [0.29, 0.717) is 19.8 Å². The third kappa shape index (κ3) is 4.10. The fraction of sp³-hybridized carbons (Fsp3) is 0.636. The Morgan fingerprint density at radius 2 is 1.93 bits per heavy atom.